The number of benzene rings is 2. The fourth-order valence-corrected chi connectivity index (χ4v) is 2.80. The van der Waals surface area contributed by atoms with Crippen molar-refractivity contribution in [3.63, 3.8) is 0 Å². The van der Waals surface area contributed by atoms with Gasteiger partial charge >= 0.3 is 0 Å². The third-order valence-corrected chi connectivity index (χ3v) is 4.04. The first kappa shape index (κ1) is 15.7. The Morgan fingerprint density at radius 1 is 1.22 bits per heavy atom. The molecule has 0 fully saturated rings. The summed E-state index contributed by atoms with van der Waals surface area (Å²) < 4.78 is 11.0. The minimum absolute atomic E-state index is 0.0546. The van der Waals surface area contributed by atoms with Crippen LogP contribution in [0.15, 0.2) is 36.4 Å². The highest BCUT2D eigenvalue weighted by Crippen LogP contribution is 2.38. The number of halogens is 1. The zero-order chi connectivity index (χ0) is 16.2. The van der Waals surface area contributed by atoms with E-state index in [4.69, 9.17) is 21.1 Å². The molecule has 0 spiro atoms. The maximum Gasteiger partial charge on any atom is 0.224 e. The molecule has 0 aromatic heterocycles. The van der Waals surface area contributed by atoms with Crippen molar-refractivity contribution in [2.75, 3.05) is 13.2 Å². The Hall–Kier alpha value is -2.20. The van der Waals surface area contributed by atoms with Gasteiger partial charge in [0.15, 0.2) is 11.5 Å². The second kappa shape index (κ2) is 6.92. The molecule has 0 bridgehead atoms. The summed E-state index contributed by atoms with van der Waals surface area (Å²) in [6.07, 6.45) is 0.252. The van der Waals surface area contributed by atoms with E-state index in [9.17, 15) is 4.79 Å². The lowest BCUT2D eigenvalue weighted by atomic mass is 10.1. The standard InChI is InChI=1S/C18H18ClNO3/c1-12-4-2-3-5-14(12)11-20-17(21)10-13-8-15(19)18-16(9-13)22-6-7-23-18/h2-5,8-9H,6-7,10-11H2,1H3,(H,20,21). The van der Waals surface area contributed by atoms with E-state index < -0.39 is 0 Å². The second-order valence-corrected chi connectivity index (χ2v) is 5.89. The summed E-state index contributed by atoms with van der Waals surface area (Å²) in [4.78, 5) is 12.2. The SMILES string of the molecule is Cc1ccccc1CNC(=O)Cc1cc(Cl)c2c(c1)OCCO2. The normalized spacial score (nSPS) is 12.8. The maximum atomic E-state index is 12.2. The molecule has 1 N–H and O–H groups in total. The lowest BCUT2D eigenvalue weighted by molar-refractivity contribution is -0.120. The van der Waals surface area contributed by atoms with Crippen LogP contribution >= 0.6 is 11.6 Å². The summed E-state index contributed by atoms with van der Waals surface area (Å²) in [6, 6.07) is 11.6. The molecule has 1 amide bonds. The number of fused-ring (bicyclic) bond motifs is 1. The molecule has 0 atom stereocenters. The third kappa shape index (κ3) is 3.77. The number of hydrogen-bond acceptors (Lipinski definition) is 3. The zero-order valence-electron chi connectivity index (χ0n) is 12.9. The van der Waals surface area contributed by atoms with Gasteiger partial charge in [-0.15, -0.1) is 0 Å². The van der Waals surface area contributed by atoms with E-state index >= 15 is 0 Å². The number of carbonyl (C=O) groups excluding carboxylic acids is 1. The van der Waals surface area contributed by atoms with Gasteiger partial charge in [0.25, 0.3) is 0 Å². The summed E-state index contributed by atoms with van der Waals surface area (Å²) in [5.41, 5.74) is 3.08. The predicted octanol–water partition coefficient (Wildman–Crippen LogP) is 3.28. The maximum absolute atomic E-state index is 12.2. The van der Waals surface area contributed by atoms with Gasteiger partial charge in [-0.2, -0.15) is 0 Å². The Bertz CT molecular complexity index is 730. The van der Waals surface area contributed by atoms with Gasteiger partial charge in [0.2, 0.25) is 5.91 Å². The van der Waals surface area contributed by atoms with Gasteiger partial charge in [-0.25, -0.2) is 0 Å². The monoisotopic (exact) mass is 331 g/mol. The largest absolute Gasteiger partial charge is 0.486 e. The van der Waals surface area contributed by atoms with Crippen LogP contribution in [-0.4, -0.2) is 19.1 Å². The summed E-state index contributed by atoms with van der Waals surface area (Å²) in [6.45, 7) is 3.53. The topological polar surface area (TPSA) is 47.6 Å². The highest BCUT2D eigenvalue weighted by atomic mass is 35.5. The average Bonchev–Trinajstić information content (AvgIpc) is 2.54. The van der Waals surface area contributed by atoms with Crippen LogP contribution in [0.25, 0.3) is 0 Å². The van der Waals surface area contributed by atoms with E-state index in [0.29, 0.717) is 36.3 Å². The summed E-state index contributed by atoms with van der Waals surface area (Å²) in [7, 11) is 0. The molecular formula is C18H18ClNO3. The number of carbonyl (C=O) groups is 1. The molecule has 0 aliphatic carbocycles. The van der Waals surface area contributed by atoms with Crippen molar-refractivity contribution in [2.45, 2.75) is 19.9 Å². The molecule has 2 aromatic carbocycles. The smallest absolute Gasteiger partial charge is 0.224 e. The molecule has 5 heteroatoms. The fourth-order valence-electron chi connectivity index (χ4n) is 2.52. The Kier molecular flexibility index (Phi) is 4.72. The van der Waals surface area contributed by atoms with Crippen molar-refractivity contribution in [1.29, 1.82) is 0 Å². The predicted molar refractivity (Wildman–Crippen MR) is 89.2 cm³/mol. The number of rotatable bonds is 4. The van der Waals surface area contributed by atoms with E-state index in [0.717, 1.165) is 16.7 Å². The van der Waals surface area contributed by atoms with Crippen LogP contribution in [0.1, 0.15) is 16.7 Å². The summed E-state index contributed by atoms with van der Waals surface area (Å²) in [5.74, 6) is 1.11. The van der Waals surface area contributed by atoms with Gasteiger partial charge in [-0.1, -0.05) is 35.9 Å². The van der Waals surface area contributed by atoms with E-state index in [1.807, 2.05) is 37.3 Å². The molecular weight excluding hydrogens is 314 g/mol. The van der Waals surface area contributed by atoms with Crippen LogP contribution in [0.4, 0.5) is 0 Å². The highest BCUT2D eigenvalue weighted by Gasteiger charge is 2.17. The molecule has 1 aliphatic rings. The molecule has 120 valence electrons. The molecule has 0 saturated carbocycles. The Morgan fingerprint density at radius 2 is 2.00 bits per heavy atom. The van der Waals surface area contributed by atoms with Gasteiger partial charge in [0, 0.05) is 6.54 Å². The highest BCUT2D eigenvalue weighted by molar-refractivity contribution is 6.32. The van der Waals surface area contributed by atoms with Crippen molar-refractivity contribution in [1.82, 2.24) is 5.32 Å². The number of aryl methyl sites for hydroxylation is 1. The van der Waals surface area contributed by atoms with Crippen LogP contribution < -0.4 is 14.8 Å². The van der Waals surface area contributed by atoms with Gasteiger partial charge in [-0.3, -0.25) is 4.79 Å². The molecule has 0 unspecified atom stereocenters. The van der Waals surface area contributed by atoms with Gasteiger partial charge in [0.1, 0.15) is 13.2 Å². The first-order valence-corrected chi connectivity index (χ1v) is 7.90. The number of ether oxygens (including phenoxy) is 2. The first-order valence-electron chi connectivity index (χ1n) is 7.52. The van der Waals surface area contributed by atoms with Crippen LogP contribution in [-0.2, 0) is 17.8 Å². The molecule has 0 saturated heterocycles. The van der Waals surface area contributed by atoms with E-state index in [1.54, 1.807) is 6.07 Å². The molecule has 2 aromatic rings. The molecule has 23 heavy (non-hydrogen) atoms. The fraction of sp³-hybridized carbons (Fsp3) is 0.278. The summed E-state index contributed by atoms with van der Waals surface area (Å²) >= 11 is 6.19. The lowest BCUT2D eigenvalue weighted by Gasteiger charge is -2.20. The van der Waals surface area contributed by atoms with Crippen molar-refractivity contribution in [3.8, 4) is 11.5 Å². The molecule has 3 rings (SSSR count). The lowest BCUT2D eigenvalue weighted by Crippen LogP contribution is -2.25. The minimum Gasteiger partial charge on any atom is -0.486 e. The molecule has 4 nitrogen and oxygen atoms in total. The van der Waals surface area contributed by atoms with Crippen molar-refractivity contribution in [2.24, 2.45) is 0 Å². The Morgan fingerprint density at radius 3 is 2.83 bits per heavy atom. The first-order chi connectivity index (χ1) is 11.1. The summed E-state index contributed by atoms with van der Waals surface area (Å²) in [5, 5.41) is 3.41. The Labute approximate surface area is 140 Å². The minimum atomic E-state index is -0.0546. The van der Waals surface area contributed by atoms with E-state index in [2.05, 4.69) is 5.32 Å². The van der Waals surface area contributed by atoms with Gasteiger partial charge in [0.05, 0.1) is 11.4 Å². The number of nitrogens with one attached hydrogen (secondary N) is 1. The molecule has 1 aliphatic heterocycles. The van der Waals surface area contributed by atoms with Crippen LogP contribution in [0.5, 0.6) is 11.5 Å². The zero-order valence-corrected chi connectivity index (χ0v) is 13.7. The average molecular weight is 332 g/mol. The van der Waals surface area contributed by atoms with Gasteiger partial charge in [-0.05, 0) is 35.7 Å². The third-order valence-electron chi connectivity index (χ3n) is 3.76. The van der Waals surface area contributed by atoms with Crippen molar-refractivity contribution < 1.29 is 14.3 Å². The van der Waals surface area contributed by atoms with Crippen molar-refractivity contribution in [3.05, 3.63) is 58.1 Å². The van der Waals surface area contributed by atoms with Crippen molar-refractivity contribution >= 4 is 17.5 Å². The number of amides is 1. The Balaban J connectivity index is 1.64. The number of hydrogen-bond donors (Lipinski definition) is 1. The second-order valence-electron chi connectivity index (χ2n) is 5.48. The van der Waals surface area contributed by atoms with Gasteiger partial charge < -0.3 is 14.8 Å². The molecule has 0 radical (unpaired) electrons. The van der Waals surface area contributed by atoms with Crippen LogP contribution in [0, 0.1) is 6.92 Å². The van der Waals surface area contributed by atoms with E-state index in [1.165, 1.54) is 0 Å². The van der Waals surface area contributed by atoms with E-state index in [-0.39, 0.29) is 12.3 Å². The molecule has 1 heterocycles. The van der Waals surface area contributed by atoms with Crippen LogP contribution in [0.2, 0.25) is 5.02 Å². The quantitative estimate of drug-likeness (QED) is 0.935. The van der Waals surface area contributed by atoms with Crippen LogP contribution in [0.3, 0.4) is 0 Å².